The lowest BCUT2D eigenvalue weighted by Gasteiger charge is -2.13. The van der Waals surface area contributed by atoms with Crippen LogP contribution in [0.3, 0.4) is 0 Å². The Balaban J connectivity index is 2.28. The van der Waals surface area contributed by atoms with Crippen LogP contribution in [0.2, 0.25) is 0 Å². The molecule has 2 rings (SSSR count). The molecule has 1 atom stereocenters. The number of hydrogen-bond donors (Lipinski definition) is 1. The SMILES string of the molecule is COc1ccc(C(N)c2ccc(Br)c(F)c2)cc1. The van der Waals surface area contributed by atoms with Crippen LogP contribution in [0, 0.1) is 5.82 Å². The minimum absolute atomic E-state index is 0.309. The second-order valence-corrected chi connectivity index (χ2v) is 4.78. The summed E-state index contributed by atoms with van der Waals surface area (Å²) in [5.74, 6) is 0.462. The van der Waals surface area contributed by atoms with Gasteiger partial charge in [0.25, 0.3) is 0 Å². The van der Waals surface area contributed by atoms with E-state index in [1.165, 1.54) is 6.07 Å². The summed E-state index contributed by atoms with van der Waals surface area (Å²) >= 11 is 3.12. The molecule has 2 aromatic carbocycles. The van der Waals surface area contributed by atoms with Crippen molar-refractivity contribution in [1.82, 2.24) is 0 Å². The minimum Gasteiger partial charge on any atom is -0.497 e. The summed E-state index contributed by atoms with van der Waals surface area (Å²) < 4.78 is 19.0. The van der Waals surface area contributed by atoms with Crippen molar-refractivity contribution in [3.63, 3.8) is 0 Å². The number of ether oxygens (including phenoxy) is 1. The van der Waals surface area contributed by atoms with E-state index in [1.54, 1.807) is 13.2 Å². The molecule has 2 aromatic rings. The molecule has 0 radical (unpaired) electrons. The molecule has 0 aromatic heterocycles. The topological polar surface area (TPSA) is 35.2 Å². The van der Waals surface area contributed by atoms with Crippen molar-refractivity contribution < 1.29 is 9.13 Å². The number of nitrogens with two attached hydrogens (primary N) is 1. The molecule has 94 valence electrons. The fraction of sp³-hybridized carbons (Fsp3) is 0.143. The fourth-order valence-electron chi connectivity index (χ4n) is 1.71. The molecule has 0 spiro atoms. The third-order valence-electron chi connectivity index (χ3n) is 2.78. The Morgan fingerprint density at radius 3 is 2.28 bits per heavy atom. The Hall–Kier alpha value is -1.39. The van der Waals surface area contributed by atoms with Gasteiger partial charge in [0.15, 0.2) is 0 Å². The van der Waals surface area contributed by atoms with Crippen molar-refractivity contribution in [1.29, 1.82) is 0 Å². The van der Waals surface area contributed by atoms with Gasteiger partial charge in [-0.15, -0.1) is 0 Å². The van der Waals surface area contributed by atoms with E-state index in [0.29, 0.717) is 4.47 Å². The van der Waals surface area contributed by atoms with Crippen LogP contribution in [0.25, 0.3) is 0 Å². The Kier molecular flexibility index (Phi) is 3.99. The molecule has 0 fully saturated rings. The smallest absolute Gasteiger partial charge is 0.137 e. The molecule has 0 heterocycles. The maximum atomic E-state index is 13.5. The quantitative estimate of drug-likeness (QED) is 0.939. The first-order valence-corrected chi connectivity index (χ1v) is 6.25. The van der Waals surface area contributed by atoms with E-state index in [0.717, 1.165) is 16.9 Å². The molecule has 2 N–H and O–H groups in total. The highest BCUT2D eigenvalue weighted by Crippen LogP contribution is 2.25. The number of halogens is 2. The largest absolute Gasteiger partial charge is 0.497 e. The average molecular weight is 310 g/mol. The van der Waals surface area contributed by atoms with Crippen LogP contribution in [-0.2, 0) is 0 Å². The van der Waals surface area contributed by atoms with Crippen molar-refractivity contribution in [2.75, 3.05) is 7.11 Å². The Labute approximate surface area is 114 Å². The lowest BCUT2D eigenvalue weighted by molar-refractivity contribution is 0.414. The molecular weight excluding hydrogens is 297 g/mol. The summed E-state index contributed by atoms with van der Waals surface area (Å²) in [6.45, 7) is 0. The number of hydrogen-bond acceptors (Lipinski definition) is 2. The summed E-state index contributed by atoms with van der Waals surface area (Å²) in [6.07, 6.45) is 0. The van der Waals surface area contributed by atoms with Crippen LogP contribution >= 0.6 is 15.9 Å². The summed E-state index contributed by atoms with van der Waals surface area (Å²) in [7, 11) is 1.61. The Morgan fingerprint density at radius 1 is 1.11 bits per heavy atom. The molecule has 0 bridgehead atoms. The molecule has 0 amide bonds. The van der Waals surface area contributed by atoms with Gasteiger partial charge in [0.2, 0.25) is 0 Å². The van der Waals surface area contributed by atoms with E-state index in [2.05, 4.69) is 15.9 Å². The Bertz CT molecular complexity index is 542. The van der Waals surface area contributed by atoms with Gasteiger partial charge in [-0.05, 0) is 51.3 Å². The van der Waals surface area contributed by atoms with Gasteiger partial charge in [-0.3, -0.25) is 0 Å². The van der Waals surface area contributed by atoms with Crippen LogP contribution in [0.1, 0.15) is 17.2 Å². The molecule has 0 saturated heterocycles. The predicted molar refractivity (Wildman–Crippen MR) is 73.1 cm³/mol. The van der Waals surface area contributed by atoms with Crippen LogP contribution in [0.15, 0.2) is 46.9 Å². The van der Waals surface area contributed by atoms with Gasteiger partial charge in [0, 0.05) is 0 Å². The monoisotopic (exact) mass is 309 g/mol. The van der Waals surface area contributed by atoms with Crippen LogP contribution in [0.4, 0.5) is 4.39 Å². The summed E-state index contributed by atoms with van der Waals surface area (Å²) in [5, 5.41) is 0. The van der Waals surface area contributed by atoms with E-state index in [4.69, 9.17) is 10.5 Å². The minimum atomic E-state index is -0.349. The summed E-state index contributed by atoms with van der Waals surface area (Å²) in [6, 6.07) is 12.0. The van der Waals surface area contributed by atoms with Gasteiger partial charge in [-0.1, -0.05) is 18.2 Å². The third-order valence-corrected chi connectivity index (χ3v) is 3.42. The zero-order chi connectivity index (χ0) is 13.1. The van der Waals surface area contributed by atoms with Crippen molar-refractivity contribution in [3.8, 4) is 5.75 Å². The molecule has 1 unspecified atom stereocenters. The van der Waals surface area contributed by atoms with E-state index >= 15 is 0 Å². The first-order valence-electron chi connectivity index (χ1n) is 5.46. The number of rotatable bonds is 3. The normalized spacial score (nSPS) is 12.2. The number of methoxy groups -OCH3 is 1. The average Bonchev–Trinajstić information content (AvgIpc) is 2.41. The molecule has 18 heavy (non-hydrogen) atoms. The van der Waals surface area contributed by atoms with Crippen molar-refractivity contribution in [3.05, 3.63) is 63.9 Å². The predicted octanol–water partition coefficient (Wildman–Crippen LogP) is 3.64. The van der Waals surface area contributed by atoms with Gasteiger partial charge in [-0.25, -0.2) is 4.39 Å². The second kappa shape index (κ2) is 5.50. The number of benzene rings is 2. The molecular formula is C14H13BrFNO. The van der Waals surface area contributed by atoms with Gasteiger partial charge < -0.3 is 10.5 Å². The molecule has 0 aliphatic carbocycles. The highest BCUT2D eigenvalue weighted by atomic mass is 79.9. The van der Waals surface area contributed by atoms with E-state index < -0.39 is 0 Å². The first kappa shape index (κ1) is 13.1. The van der Waals surface area contributed by atoms with E-state index in [1.807, 2.05) is 30.3 Å². The summed E-state index contributed by atoms with van der Waals surface area (Å²) in [5.41, 5.74) is 7.76. The fourth-order valence-corrected chi connectivity index (χ4v) is 1.96. The molecule has 2 nitrogen and oxygen atoms in total. The highest BCUT2D eigenvalue weighted by molar-refractivity contribution is 9.10. The van der Waals surface area contributed by atoms with Crippen molar-refractivity contribution >= 4 is 15.9 Å². The van der Waals surface area contributed by atoms with Gasteiger partial charge in [-0.2, -0.15) is 0 Å². The lowest BCUT2D eigenvalue weighted by atomic mass is 9.99. The van der Waals surface area contributed by atoms with Gasteiger partial charge in [0.05, 0.1) is 17.6 Å². The second-order valence-electron chi connectivity index (χ2n) is 3.92. The van der Waals surface area contributed by atoms with Crippen LogP contribution in [0.5, 0.6) is 5.75 Å². The maximum absolute atomic E-state index is 13.5. The van der Waals surface area contributed by atoms with Gasteiger partial charge >= 0.3 is 0 Å². The molecule has 0 aliphatic rings. The Morgan fingerprint density at radius 2 is 1.72 bits per heavy atom. The van der Waals surface area contributed by atoms with E-state index in [-0.39, 0.29) is 11.9 Å². The zero-order valence-corrected chi connectivity index (χ0v) is 11.4. The van der Waals surface area contributed by atoms with Gasteiger partial charge in [0.1, 0.15) is 11.6 Å². The van der Waals surface area contributed by atoms with Crippen LogP contribution < -0.4 is 10.5 Å². The molecule has 4 heteroatoms. The third kappa shape index (κ3) is 2.71. The molecule has 0 aliphatic heterocycles. The standard InChI is InChI=1S/C14H13BrFNO/c1-18-11-5-2-9(3-6-11)14(17)10-4-7-12(15)13(16)8-10/h2-8,14H,17H2,1H3. The van der Waals surface area contributed by atoms with Crippen molar-refractivity contribution in [2.24, 2.45) is 5.73 Å². The summed E-state index contributed by atoms with van der Waals surface area (Å²) in [4.78, 5) is 0. The van der Waals surface area contributed by atoms with Crippen LogP contribution in [-0.4, -0.2) is 7.11 Å². The van der Waals surface area contributed by atoms with Crippen molar-refractivity contribution in [2.45, 2.75) is 6.04 Å². The zero-order valence-electron chi connectivity index (χ0n) is 9.86. The lowest BCUT2D eigenvalue weighted by Crippen LogP contribution is -2.12. The first-order chi connectivity index (χ1) is 8.61. The maximum Gasteiger partial charge on any atom is 0.137 e. The molecule has 0 saturated carbocycles. The highest BCUT2D eigenvalue weighted by Gasteiger charge is 2.11. The van der Waals surface area contributed by atoms with E-state index in [9.17, 15) is 4.39 Å².